The van der Waals surface area contributed by atoms with Crippen LogP contribution in [0.1, 0.15) is 41.4 Å². The molecule has 1 heterocycles. The lowest BCUT2D eigenvalue weighted by Gasteiger charge is -2.56. The zero-order valence-electron chi connectivity index (χ0n) is 27.5. The number of ether oxygens (including phenoxy) is 1. The van der Waals surface area contributed by atoms with Gasteiger partial charge in [0.1, 0.15) is 18.3 Å². The molecule has 1 saturated heterocycles. The number of carbonyl (C=O) groups excluding carboxylic acids is 4. The van der Waals surface area contributed by atoms with Crippen molar-refractivity contribution in [1.82, 2.24) is 0 Å². The van der Waals surface area contributed by atoms with Crippen molar-refractivity contribution >= 4 is 23.1 Å². The highest BCUT2D eigenvalue weighted by atomic mass is 16.7. The fourth-order valence-electron chi connectivity index (χ4n) is 6.03. The molecule has 0 radical (unpaired) electrons. The Labute approximate surface area is 309 Å². The Kier molecular flexibility index (Phi) is 9.56. The second kappa shape index (κ2) is 13.3. The summed E-state index contributed by atoms with van der Waals surface area (Å²) in [4.78, 5) is 56.7. The van der Waals surface area contributed by atoms with Crippen LogP contribution in [0.25, 0.3) is 0 Å². The highest BCUT2D eigenvalue weighted by Crippen LogP contribution is 2.52. The van der Waals surface area contributed by atoms with E-state index in [4.69, 9.17) is 4.74 Å². The lowest BCUT2D eigenvalue weighted by molar-refractivity contribution is -0.366. The average molecular weight is 789 g/mol. The van der Waals surface area contributed by atoms with Crippen LogP contribution in [0.4, 0.5) is 0 Å². The molecule has 1 aliphatic heterocycles. The number of aromatic hydroxyl groups is 12. The van der Waals surface area contributed by atoms with Crippen LogP contribution in [0.2, 0.25) is 0 Å². The molecule has 1 unspecified atom stereocenters. The second-order valence-electron chi connectivity index (χ2n) is 12.4. The predicted molar refractivity (Wildman–Crippen MR) is 175 cm³/mol. The van der Waals surface area contributed by atoms with Crippen molar-refractivity contribution in [3.8, 4) is 69.0 Å². The van der Waals surface area contributed by atoms with E-state index in [0.29, 0.717) is 12.1 Å². The maximum absolute atomic E-state index is 14.4. The van der Waals surface area contributed by atoms with Crippen molar-refractivity contribution in [3.05, 3.63) is 70.8 Å². The molecule has 4 aromatic rings. The maximum atomic E-state index is 14.4. The number of aliphatic hydroxyl groups is 5. The predicted octanol–water partition coefficient (Wildman–Crippen LogP) is -1.74. The summed E-state index contributed by atoms with van der Waals surface area (Å²) in [5.41, 5.74) is -14.4. The van der Waals surface area contributed by atoms with Crippen LogP contribution in [0.5, 0.6) is 69.0 Å². The van der Waals surface area contributed by atoms with E-state index < -0.39 is 150 Å². The third-order valence-electron chi connectivity index (χ3n) is 9.00. The molecule has 1 fully saturated rings. The Morgan fingerprint density at radius 1 is 0.482 bits per heavy atom. The van der Waals surface area contributed by atoms with Crippen LogP contribution in [0.3, 0.4) is 0 Å². The minimum absolute atomic E-state index is 0.211. The van der Waals surface area contributed by atoms with Gasteiger partial charge in [-0.05, 0) is 48.5 Å². The SMILES string of the molecule is O=C(c1cc(O)c(O)c(O)c1)C(O)[C@H]1O[C@](O)(C(=O)c2cc(O)c(O)c(O)c2)[C@@](O)(C(=O)c2cc(O)c(O)c(O)c2)[C@](O)(C(=O)c2cc(O)c(O)c(O)c2)[C@@H]1O. The molecule has 0 amide bonds. The molecule has 296 valence electrons. The normalized spacial score (nSPS) is 23.9. The average Bonchev–Trinajstić information content (AvgIpc) is 3.15. The Morgan fingerprint density at radius 2 is 0.768 bits per heavy atom. The quantitative estimate of drug-likeness (QED) is 0.0660. The van der Waals surface area contributed by atoms with Crippen LogP contribution >= 0.6 is 0 Å². The molecule has 22 nitrogen and oxygen atoms in total. The first kappa shape index (κ1) is 40.1. The summed E-state index contributed by atoms with van der Waals surface area (Å²) >= 11 is 0. The fraction of sp³-hybridized carbons (Fsp3) is 0.176. The van der Waals surface area contributed by atoms with E-state index >= 15 is 0 Å². The molecule has 1 aliphatic rings. The molecule has 6 atom stereocenters. The molecule has 0 aromatic heterocycles. The van der Waals surface area contributed by atoms with Crippen molar-refractivity contribution in [1.29, 1.82) is 0 Å². The van der Waals surface area contributed by atoms with Crippen molar-refractivity contribution in [2.24, 2.45) is 0 Å². The number of aliphatic hydroxyl groups excluding tert-OH is 2. The lowest BCUT2D eigenvalue weighted by Crippen LogP contribution is -2.86. The molecule has 0 saturated carbocycles. The molecule has 4 aromatic carbocycles. The third kappa shape index (κ3) is 5.69. The van der Waals surface area contributed by atoms with Crippen molar-refractivity contribution < 1.29 is 111 Å². The molecule has 22 heteroatoms. The monoisotopic (exact) mass is 788 g/mol. The number of benzene rings is 4. The van der Waals surface area contributed by atoms with Gasteiger partial charge in [-0.2, -0.15) is 0 Å². The molecule has 0 bridgehead atoms. The largest absolute Gasteiger partial charge is 0.504 e. The minimum Gasteiger partial charge on any atom is -0.504 e. The summed E-state index contributed by atoms with van der Waals surface area (Å²) in [7, 11) is 0. The zero-order chi connectivity index (χ0) is 42.1. The summed E-state index contributed by atoms with van der Waals surface area (Å²) in [6, 6.07) is 2.19. The minimum atomic E-state index is -4.87. The van der Waals surface area contributed by atoms with Gasteiger partial charge >= 0.3 is 0 Å². The van der Waals surface area contributed by atoms with Gasteiger partial charge < -0.3 is 91.5 Å². The first-order valence-corrected chi connectivity index (χ1v) is 15.2. The van der Waals surface area contributed by atoms with Crippen LogP contribution in [-0.4, -0.2) is 145 Å². The smallest absolute Gasteiger partial charge is 0.272 e. The summed E-state index contributed by atoms with van der Waals surface area (Å²) < 4.78 is 5.18. The first-order valence-electron chi connectivity index (χ1n) is 15.2. The topological polar surface area (TPSA) is 421 Å². The lowest BCUT2D eigenvalue weighted by atomic mass is 9.61. The summed E-state index contributed by atoms with van der Waals surface area (Å²) in [5.74, 6) is -29.3. The van der Waals surface area contributed by atoms with E-state index in [1.807, 2.05) is 0 Å². The van der Waals surface area contributed by atoms with E-state index in [1.165, 1.54) is 0 Å². The van der Waals surface area contributed by atoms with Gasteiger partial charge in [-0.3, -0.25) is 19.2 Å². The Balaban J connectivity index is 1.88. The van der Waals surface area contributed by atoms with Gasteiger partial charge in [-0.15, -0.1) is 0 Å². The standard InChI is InChI=1S/C34H28O22/c35-13-1-9(2-14(36)22(13)44)21(43)26(48)27-31(52)32(53,28(49)10-3-15(37)23(45)16(38)4-10)33(54,29(50)11-5-17(39)24(46)18(40)6-11)34(55,56-27)30(51)12-7-19(41)25(47)20(42)8-12/h1-8,26-27,31,35-42,44-48,52-55H/t26?,27-,31-,32+,33-,34-/m1/s1. The van der Waals surface area contributed by atoms with E-state index in [2.05, 4.69) is 0 Å². The molecule has 0 spiro atoms. The molecular weight excluding hydrogens is 760 g/mol. The third-order valence-corrected chi connectivity index (χ3v) is 9.00. The molecule has 0 aliphatic carbocycles. The van der Waals surface area contributed by atoms with Crippen molar-refractivity contribution in [2.75, 3.05) is 0 Å². The number of hydrogen-bond acceptors (Lipinski definition) is 22. The van der Waals surface area contributed by atoms with Gasteiger partial charge in [0.15, 0.2) is 80.4 Å². The molecular formula is C34H28O22. The zero-order valence-corrected chi connectivity index (χ0v) is 27.5. The van der Waals surface area contributed by atoms with Crippen LogP contribution < -0.4 is 0 Å². The summed E-state index contributed by atoms with van der Waals surface area (Å²) in [6.45, 7) is 0. The van der Waals surface area contributed by atoms with Crippen molar-refractivity contribution in [2.45, 2.75) is 35.3 Å². The van der Waals surface area contributed by atoms with Gasteiger partial charge in [-0.1, -0.05) is 0 Å². The number of hydrogen-bond donors (Lipinski definition) is 17. The van der Waals surface area contributed by atoms with Gasteiger partial charge in [0.2, 0.25) is 23.0 Å². The highest BCUT2D eigenvalue weighted by Gasteiger charge is 2.80. The Bertz CT molecular complexity index is 2260. The number of ketones is 4. The van der Waals surface area contributed by atoms with Gasteiger partial charge in [0.25, 0.3) is 5.79 Å². The van der Waals surface area contributed by atoms with Gasteiger partial charge in [-0.25, -0.2) is 0 Å². The van der Waals surface area contributed by atoms with E-state index in [0.717, 1.165) is 0 Å². The van der Waals surface area contributed by atoms with Crippen molar-refractivity contribution in [3.63, 3.8) is 0 Å². The van der Waals surface area contributed by atoms with E-state index in [1.54, 1.807) is 0 Å². The molecule has 56 heavy (non-hydrogen) atoms. The fourth-order valence-corrected chi connectivity index (χ4v) is 6.03. The molecule has 17 N–H and O–H groups in total. The summed E-state index contributed by atoms with van der Waals surface area (Å²) in [6.07, 6.45) is -9.82. The number of rotatable bonds is 9. The Hall–Kier alpha value is -7.08. The van der Waals surface area contributed by atoms with Crippen LogP contribution in [0, 0.1) is 0 Å². The van der Waals surface area contributed by atoms with Crippen LogP contribution in [0.15, 0.2) is 48.5 Å². The van der Waals surface area contributed by atoms with Crippen LogP contribution in [-0.2, 0) is 4.74 Å². The van der Waals surface area contributed by atoms with E-state index in [-0.39, 0.29) is 36.4 Å². The van der Waals surface area contributed by atoms with E-state index in [9.17, 15) is 106 Å². The number of phenols is 12. The Morgan fingerprint density at radius 3 is 1.11 bits per heavy atom. The number of Topliss-reactive ketones (excluding diaryl/α,β-unsaturated/α-hetero) is 4. The first-order chi connectivity index (χ1) is 25.8. The number of phenolic OH excluding ortho intramolecular Hbond substituents is 12. The maximum Gasteiger partial charge on any atom is 0.272 e. The number of carbonyl (C=O) groups is 4. The highest BCUT2D eigenvalue weighted by molar-refractivity contribution is 6.18. The summed E-state index contributed by atoms with van der Waals surface area (Å²) in [5, 5.41) is 180. The van der Waals surface area contributed by atoms with Gasteiger partial charge in [0.05, 0.1) is 0 Å². The van der Waals surface area contributed by atoms with Gasteiger partial charge in [0, 0.05) is 22.3 Å². The second-order valence-corrected chi connectivity index (χ2v) is 12.4. The molecule has 5 rings (SSSR count).